The number of benzene rings is 1. The van der Waals surface area contributed by atoms with E-state index in [1.54, 1.807) is 30.5 Å². The summed E-state index contributed by atoms with van der Waals surface area (Å²) in [5.41, 5.74) is -1.19. The van der Waals surface area contributed by atoms with Crippen molar-refractivity contribution >= 4 is 55.7 Å². The molecule has 0 radical (unpaired) electrons. The van der Waals surface area contributed by atoms with Gasteiger partial charge in [-0.05, 0) is 63.6 Å². The number of nitrogens with zero attached hydrogens (tertiary/aromatic N) is 4. The van der Waals surface area contributed by atoms with Crippen LogP contribution in [0.15, 0.2) is 45.4 Å². The fraction of sp³-hybridized carbons (Fsp3) is 0.486. The Morgan fingerprint density at radius 1 is 1.09 bits per heavy atom. The number of fused-ring (bicyclic) bond motifs is 5. The number of amides is 4. The Labute approximate surface area is 327 Å². The molecule has 4 aromatic rings. The van der Waals surface area contributed by atoms with E-state index in [1.165, 1.54) is 18.2 Å². The van der Waals surface area contributed by atoms with Crippen LogP contribution in [0.4, 0.5) is 17.6 Å². The number of rotatable bonds is 7. The molecule has 5 atom stereocenters. The lowest BCUT2D eigenvalue weighted by Crippen LogP contribution is -2.58. The molecule has 0 spiro atoms. The smallest absolute Gasteiger partial charge is 0.470 e. The predicted octanol–water partition coefficient (Wildman–Crippen LogP) is 3.88. The minimum absolute atomic E-state index is 0.00941. The number of nitrogens with one attached hydrogen (secondary N) is 3. The number of ether oxygens (including phenoxy) is 1. The van der Waals surface area contributed by atoms with Gasteiger partial charge in [-0.15, -0.1) is 0 Å². The highest BCUT2D eigenvalue weighted by atomic mass is 32.2. The van der Waals surface area contributed by atoms with E-state index in [0.717, 1.165) is 4.90 Å². The van der Waals surface area contributed by atoms with E-state index >= 15 is 0 Å². The predicted molar refractivity (Wildman–Crippen MR) is 193 cm³/mol. The maximum atomic E-state index is 14.4. The number of hydrogen-bond acceptors (Lipinski definition) is 12. The van der Waals surface area contributed by atoms with Gasteiger partial charge in [0.1, 0.15) is 46.4 Å². The number of aromatic nitrogens is 3. The topological polar surface area (TPSA) is 216 Å². The molecule has 2 aliphatic carbocycles. The highest BCUT2D eigenvalue weighted by molar-refractivity contribution is 7.91. The van der Waals surface area contributed by atoms with Crippen LogP contribution in [0.3, 0.4) is 0 Å². The first-order chi connectivity index (χ1) is 27.5. The number of hydrogen-bond donors (Lipinski definition) is 3. The lowest BCUT2D eigenvalue weighted by atomic mass is 10.0. The third kappa shape index (κ3) is 7.70. The minimum atomic E-state index is -5.31. The summed E-state index contributed by atoms with van der Waals surface area (Å²) < 4.78 is 100. The third-order valence-electron chi connectivity index (χ3n) is 10.8. The largest absolute Gasteiger partial charge is 0.471 e. The summed E-state index contributed by atoms with van der Waals surface area (Å²) in [5.74, 6) is -6.18. The van der Waals surface area contributed by atoms with Crippen molar-refractivity contribution in [3.63, 3.8) is 0 Å². The Bertz CT molecular complexity index is 2470. The summed E-state index contributed by atoms with van der Waals surface area (Å²) in [6.45, 7) is 1.23. The van der Waals surface area contributed by atoms with Crippen molar-refractivity contribution < 1.29 is 58.8 Å². The van der Waals surface area contributed by atoms with Gasteiger partial charge in [-0.3, -0.25) is 23.9 Å². The molecular formula is C37H37F4N7O9S. The van der Waals surface area contributed by atoms with Gasteiger partial charge < -0.3 is 29.2 Å². The van der Waals surface area contributed by atoms with Gasteiger partial charge in [-0.2, -0.15) is 18.2 Å². The zero-order valence-electron chi connectivity index (χ0n) is 30.8. The number of alkyl halides is 3. The highest BCUT2D eigenvalue weighted by Crippen LogP contribution is 2.46. The van der Waals surface area contributed by atoms with Crippen LogP contribution in [0.5, 0.6) is 5.88 Å². The van der Waals surface area contributed by atoms with E-state index in [2.05, 4.69) is 25.2 Å². The van der Waals surface area contributed by atoms with Crippen LogP contribution in [-0.4, -0.2) is 93.8 Å². The molecule has 3 fully saturated rings. The molecule has 5 heterocycles. The Morgan fingerprint density at radius 2 is 1.88 bits per heavy atom. The number of sulfonamides is 1. The van der Waals surface area contributed by atoms with Gasteiger partial charge in [0.25, 0.3) is 11.8 Å². The first kappa shape index (κ1) is 39.2. The van der Waals surface area contributed by atoms with Crippen LogP contribution in [0.25, 0.3) is 33.6 Å². The lowest BCUT2D eigenvalue weighted by molar-refractivity contribution is -0.175. The molecule has 2 aliphatic heterocycles. The molecule has 1 saturated heterocycles. The molecule has 4 amide bonds. The molecule has 58 heavy (non-hydrogen) atoms. The molecule has 3 aromatic heterocycles. The summed E-state index contributed by atoms with van der Waals surface area (Å²) in [5, 5.41) is 7.96. The molecular weight excluding hydrogens is 795 g/mol. The highest BCUT2D eigenvalue weighted by Gasteiger charge is 2.62. The van der Waals surface area contributed by atoms with Crippen LogP contribution in [0.1, 0.15) is 63.5 Å². The Morgan fingerprint density at radius 3 is 2.60 bits per heavy atom. The van der Waals surface area contributed by atoms with Crippen molar-refractivity contribution in [3.8, 4) is 17.4 Å². The quantitative estimate of drug-likeness (QED) is 0.179. The number of aryl methyl sites for hydroxylation is 1. The average Bonchev–Trinajstić information content (AvgIpc) is 4.00. The number of carbonyl (C=O) groups excluding carboxylic acids is 4. The molecule has 0 bridgehead atoms. The van der Waals surface area contributed by atoms with Crippen LogP contribution in [0, 0.1) is 18.7 Å². The van der Waals surface area contributed by atoms with Crippen molar-refractivity contribution in [2.75, 3.05) is 6.54 Å². The Balaban J connectivity index is 1.16. The summed E-state index contributed by atoms with van der Waals surface area (Å²) in [7, 11) is -4.03. The monoisotopic (exact) mass is 831 g/mol. The zero-order valence-corrected chi connectivity index (χ0v) is 31.6. The second kappa shape index (κ2) is 14.7. The second-order valence-corrected chi connectivity index (χ2v) is 17.1. The van der Waals surface area contributed by atoms with E-state index in [1.807, 2.05) is 0 Å². The van der Waals surface area contributed by atoms with Gasteiger partial charge in [-0.1, -0.05) is 30.2 Å². The molecule has 21 heteroatoms. The Kier molecular flexibility index (Phi) is 9.91. The number of carbonyl (C=O) groups is 4. The first-order valence-corrected chi connectivity index (χ1v) is 20.3. The van der Waals surface area contributed by atoms with Crippen LogP contribution >= 0.6 is 0 Å². The summed E-state index contributed by atoms with van der Waals surface area (Å²) in [4.78, 5) is 64.5. The average molecular weight is 832 g/mol. The molecule has 8 rings (SSSR count). The van der Waals surface area contributed by atoms with Crippen LogP contribution in [-0.2, 0) is 29.2 Å². The SMILES string of the molecule is Cc1cc(-c2nc(O[C@@H]3C[C@H]4C(=O)N[C@]5(C(=O)NS(=O)(=O)C6CC6)C[C@H]5C=CCCCCC[C@H](NC(=O)C(F)(F)F)C(=O)N4C3)c3oc4ccc(F)cc4c3n2)no1. The molecule has 16 nitrogen and oxygen atoms in total. The lowest BCUT2D eigenvalue weighted by Gasteiger charge is -2.30. The fourth-order valence-corrected chi connectivity index (χ4v) is 8.87. The van der Waals surface area contributed by atoms with Gasteiger partial charge in [0, 0.05) is 23.8 Å². The molecule has 308 valence electrons. The van der Waals surface area contributed by atoms with Gasteiger partial charge in [-0.25, -0.2) is 17.8 Å². The van der Waals surface area contributed by atoms with Crippen molar-refractivity contribution in [1.82, 2.24) is 35.4 Å². The molecule has 4 aliphatic rings. The van der Waals surface area contributed by atoms with E-state index in [0.29, 0.717) is 37.9 Å². The number of allylic oxidation sites excluding steroid dienone is 1. The van der Waals surface area contributed by atoms with E-state index in [9.17, 15) is 45.2 Å². The van der Waals surface area contributed by atoms with Crippen molar-refractivity contribution in [2.45, 2.75) is 99.9 Å². The molecule has 0 unspecified atom stereocenters. The van der Waals surface area contributed by atoms with Crippen molar-refractivity contribution in [1.29, 1.82) is 0 Å². The van der Waals surface area contributed by atoms with E-state index in [-0.39, 0.29) is 65.2 Å². The van der Waals surface area contributed by atoms with Crippen LogP contribution < -0.4 is 20.1 Å². The summed E-state index contributed by atoms with van der Waals surface area (Å²) in [6.07, 6.45) is -0.841. The summed E-state index contributed by atoms with van der Waals surface area (Å²) >= 11 is 0. The maximum absolute atomic E-state index is 14.4. The maximum Gasteiger partial charge on any atom is 0.471 e. The number of furan rings is 1. The normalized spacial score (nSPS) is 25.7. The van der Waals surface area contributed by atoms with Gasteiger partial charge in [0.05, 0.1) is 11.8 Å². The number of halogens is 4. The minimum Gasteiger partial charge on any atom is -0.470 e. The standard InChI is InChI=1S/C37H37F4N7O9S/c1-18-13-25(46-57-18)30-43-28-23-14-20(38)9-12-27(23)56-29(28)32(44-30)55-21-15-26-31(49)45-36(34(51)47-58(53,54)22-10-11-22)16-19(36)7-5-3-2-4-6-8-24(33(50)48(26)17-21)42-35(52)37(39,40)41/h5,7,9,12-14,19,21-22,24,26H,2-4,6,8,10-11,15-17H2,1H3,(H,42,52)(H,45,49)(H,47,51)/t19-,21-,24+,26+,36-/m1/s1. The second-order valence-electron chi connectivity index (χ2n) is 15.1. The van der Waals surface area contributed by atoms with Crippen molar-refractivity contribution in [2.24, 2.45) is 5.92 Å². The first-order valence-electron chi connectivity index (χ1n) is 18.8. The zero-order chi connectivity index (χ0) is 41.1. The fourth-order valence-electron chi connectivity index (χ4n) is 7.50. The van der Waals surface area contributed by atoms with Gasteiger partial charge in [0.2, 0.25) is 27.4 Å². The third-order valence-corrected chi connectivity index (χ3v) is 12.6. The van der Waals surface area contributed by atoms with Crippen LogP contribution in [0.2, 0.25) is 0 Å². The molecule has 1 aromatic carbocycles. The van der Waals surface area contributed by atoms with Gasteiger partial charge in [0.15, 0.2) is 11.5 Å². The van der Waals surface area contributed by atoms with E-state index < -0.39 is 87.1 Å². The van der Waals surface area contributed by atoms with Gasteiger partial charge >= 0.3 is 12.1 Å². The van der Waals surface area contributed by atoms with E-state index in [4.69, 9.17) is 13.7 Å². The molecule has 3 N–H and O–H groups in total. The van der Waals surface area contributed by atoms with Crippen molar-refractivity contribution in [3.05, 3.63) is 48.0 Å². The summed E-state index contributed by atoms with van der Waals surface area (Å²) in [6, 6.07) is 2.11. The molecule has 2 saturated carbocycles. The Hall–Kier alpha value is -5.60.